The first-order valence-electron chi connectivity index (χ1n) is 7.94. The standard InChI is InChI=1S/C18H15BrF2N2O3/c1-18-8-14(11-5-9(19)6-15(25-2)16(11)26-18)22-17(24)23(18)10-3-4-12(20)13(21)7-10/h3-7,14H,8H2,1-2H3,(H,22,24)/t14-,18+/m1/s1. The lowest BCUT2D eigenvalue weighted by molar-refractivity contribution is 0.0348. The molecule has 1 fully saturated rings. The van der Waals surface area contributed by atoms with Crippen LogP contribution in [0.1, 0.15) is 24.9 Å². The number of hydrogen-bond donors (Lipinski definition) is 1. The van der Waals surface area contributed by atoms with Gasteiger partial charge in [-0.2, -0.15) is 0 Å². The van der Waals surface area contributed by atoms with Crippen molar-refractivity contribution in [3.05, 3.63) is 52.0 Å². The van der Waals surface area contributed by atoms with Gasteiger partial charge in [-0.05, 0) is 31.2 Å². The molecule has 0 saturated carbocycles. The molecule has 8 heteroatoms. The van der Waals surface area contributed by atoms with Crippen molar-refractivity contribution in [1.29, 1.82) is 0 Å². The second kappa shape index (κ2) is 5.84. The fourth-order valence-electron chi connectivity index (χ4n) is 3.57. The molecule has 2 amide bonds. The van der Waals surface area contributed by atoms with Gasteiger partial charge in [-0.25, -0.2) is 13.6 Å². The highest BCUT2D eigenvalue weighted by molar-refractivity contribution is 9.10. The maximum atomic E-state index is 13.7. The van der Waals surface area contributed by atoms with Gasteiger partial charge in [-0.1, -0.05) is 15.9 Å². The van der Waals surface area contributed by atoms with E-state index in [-0.39, 0.29) is 11.7 Å². The summed E-state index contributed by atoms with van der Waals surface area (Å²) in [5.74, 6) is -0.969. The first-order chi connectivity index (χ1) is 12.3. The average molecular weight is 425 g/mol. The van der Waals surface area contributed by atoms with E-state index in [0.717, 1.165) is 22.2 Å². The number of ether oxygens (including phenoxy) is 2. The fraction of sp³-hybridized carbons (Fsp3) is 0.278. The Hall–Kier alpha value is -2.35. The first-order valence-corrected chi connectivity index (χ1v) is 8.74. The van der Waals surface area contributed by atoms with Gasteiger partial charge < -0.3 is 14.8 Å². The second-order valence-corrected chi connectivity index (χ2v) is 7.36. The number of urea groups is 1. The van der Waals surface area contributed by atoms with E-state index < -0.39 is 23.4 Å². The Labute approximate surface area is 157 Å². The van der Waals surface area contributed by atoms with Gasteiger partial charge in [0.2, 0.25) is 0 Å². The molecule has 1 saturated heterocycles. The first kappa shape index (κ1) is 17.1. The number of carbonyl (C=O) groups is 1. The lowest BCUT2D eigenvalue weighted by Crippen LogP contribution is -2.65. The molecule has 1 N–H and O–H groups in total. The summed E-state index contributed by atoms with van der Waals surface area (Å²) < 4.78 is 39.4. The van der Waals surface area contributed by atoms with E-state index in [1.165, 1.54) is 18.1 Å². The van der Waals surface area contributed by atoms with Gasteiger partial charge in [0, 0.05) is 22.5 Å². The number of amides is 2. The second-order valence-electron chi connectivity index (χ2n) is 6.44. The van der Waals surface area contributed by atoms with Crippen LogP contribution in [0.5, 0.6) is 11.5 Å². The predicted molar refractivity (Wildman–Crippen MR) is 94.5 cm³/mol. The molecule has 2 aliphatic rings. The third-order valence-corrected chi connectivity index (χ3v) is 5.14. The molecule has 2 heterocycles. The molecule has 26 heavy (non-hydrogen) atoms. The van der Waals surface area contributed by atoms with Crippen LogP contribution in [0.15, 0.2) is 34.8 Å². The van der Waals surface area contributed by atoms with Crippen LogP contribution in [0.25, 0.3) is 0 Å². The number of nitrogens with one attached hydrogen (secondary N) is 1. The van der Waals surface area contributed by atoms with Crippen LogP contribution in [0.2, 0.25) is 0 Å². The maximum Gasteiger partial charge on any atom is 0.325 e. The monoisotopic (exact) mass is 424 g/mol. The number of halogens is 3. The zero-order valence-electron chi connectivity index (χ0n) is 14.0. The molecule has 0 spiro atoms. The quantitative estimate of drug-likeness (QED) is 0.771. The van der Waals surface area contributed by atoms with Crippen molar-refractivity contribution in [3.8, 4) is 11.5 Å². The van der Waals surface area contributed by atoms with Gasteiger partial charge in [-0.3, -0.25) is 4.90 Å². The largest absolute Gasteiger partial charge is 0.493 e. The zero-order chi connectivity index (χ0) is 18.6. The lowest BCUT2D eigenvalue weighted by Gasteiger charge is -2.50. The minimum Gasteiger partial charge on any atom is -0.493 e. The SMILES string of the molecule is COc1cc(Br)cc2c1O[C@@]1(C)C[C@H]2NC(=O)N1c1ccc(F)c(F)c1. The van der Waals surface area contributed by atoms with Crippen molar-refractivity contribution in [2.75, 3.05) is 12.0 Å². The maximum absolute atomic E-state index is 13.7. The van der Waals surface area contributed by atoms with Crippen LogP contribution < -0.4 is 19.7 Å². The smallest absolute Gasteiger partial charge is 0.325 e. The van der Waals surface area contributed by atoms with Gasteiger partial charge in [0.15, 0.2) is 28.9 Å². The highest BCUT2D eigenvalue weighted by Gasteiger charge is 2.50. The van der Waals surface area contributed by atoms with Crippen molar-refractivity contribution in [1.82, 2.24) is 5.32 Å². The number of methoxy groups -OCH3 is 1. The molecule has 2 atom stereocenters. The highest BCUT2D eigenvalue weighted by atomic mass is 79.9. The Morgan fingerprint density at radius 1 is 1.31 bits per heavy atom. The van der Waals surface area contributed by atoms with Crippen LogP contribution in [0.4, 0.5) is 19.3 Å². The Balaban J connectivity index is 1.83. The van der Waals surface area contributed by atoms with Crippen molar-refractivity contribution < 1.29 is 23.0 Å². The van der Waals surface area contributed by atoms with E-state index >= 15 is 0 Å². The summed E-state index contributed by atoms with van der Waals surface area (Å²) in [5.41, 5.74) is -0.0698. The summed E-state index contributed by atoms with van der Waals surface area (Å²) in [7, 11) is 1.53. The zero-order valence-corrected chi connectivity index (χ0v) is 15.6. The third-order valence-electron chi connectivity index (χ3n) is 4.68. The molecule has 0 radical (unpaired) electrons. The van der Waals surface area contributed by atoms with E-state index in [4.69, 9.17) is 9.47 Å². The molecule has 4 rings (SSSR count). The summed E-state index contributed by atoms with van der Waals surface area (Å²) >= 11 is 3.43. The predicted octanol–water partition coefficient (Wildman–Crippen LogP) is 4.51. The summed E-state index contributed by atoms with van der Waals surface area (Å²) in [5, 5.41) is 2.90. The van der Waals surface area contributed by atoms with Gasteiger partial charge in [-0.15, -0.1) is 0 Å². The molecule has 2 aliphatic heterocycles. The van der Waals surface area contributed by atoms with Crippen molar-refractivity contribution in [3.63, 3.8) is 0 Å². The average Bonchev–Trinajstić information content (AvgIpc) is 2.57. The fourth-order valence-corrected chi connectivity index (χ4v) is 4.02. The summed E-state index contributed by atoms with van der Waals surface area (Å²) in [6, 6.07) is 6.23. The van der Waals surface area contributed by atoms with Gasteiger partial charge in [0.1, 0.15) is 0 Å². The minimum atomic E-state index is -1.08. The number of carbonyl (C=O) groups excluding carboxylic acids is 1. The van der Waals surface area contributed by atoms with Crippen LogP contribution in [0.3, 0.4) is 0 Å². The van der Waals surface area contributed by atoms with Gasteiger partial charge in [0.25, 0.3) is 0 Å². The van der Waals surface area contributed by atoms with E-state index in [1.54, 1.807) is 13.0 Å². The van der Waals surface area contributed by atoms with Gasteiger partial charge in [0.05, 0.1) is 18.8 Å². The van der Waals surface area contributed by atoms with Crippen LogP contribution >= 0.6 is 15.9 Å². The van der Waals surface area contributed by atoms with Crippen molar-refractivity contribution in [2.45, 2.75) is 25.1 Å². The number of fused-ring (bicyclic) bond motifs is 4. The number of nitrogens with zero attached hydrogens (tertiary/aromatic N) is 1. The Bertz CT molecular complexity index is 924. The molecule has 136 valence electrons. The molecule has 2 bridgehead atoms. The van der Waals surface area contributed by atoms with Crippen LogP contribution in [-0.4, -0.2) is 18.9 Å². The number of hydrogen-bond acceptors (Lipinski definition) is 3. The summed E-state index contributed by atoms with van der Waals surface area (Å²) in [4.78, 5) is 14.0. The molecule has 0 unspecified atom stereocenters. The van der Waals surface area contributed by atoms with E-state index in [2.05, 4.69) is 21.2 Å². The van der Waals surface area contributed by atoms with Crippen LogP contribution in [0, 0.1) is 11.6 Å². The number of rotatable bonds is 2. The van der Waals surface area contributed by atoms with Crippen molar-refractivity contribution in [2.24, 2.45) is 0 Å². The summed E-state index contributed by atoms with van der Waals surface area (Å²) in [6.07, 6.45) is 0.435. The van der Waals surface area contributed by atoms with Crippen molar-refractivity contribution >= 4 is 27.6 Å². The number of anilines is 1. The van der Waals surface area contributed by atoms with E-state index in [1.807, 2.05) is 6.07 Å². The summed E-state index contributed by atoms with van der Waals surface area (Å²) in [6.45, 7) is 1.74. The highest BCUT2D eigenvalue weighted by Crippen LogP contribution is 2.50. The molecular formula is C18H15BrF2N2O3. The van der Waals surface area contributed by atoms with Gasteiger partial charge >= 0.3 is 6.03 Å². The third kappa shape index (κ3) is 2.51. The lowest BCUT2D eigenvalue weighted by atomic mass is 9.90. The van der Waals surface area contributed by atoms with E-state index in [0.29, 0.717) is 17.9 Å². The van der Waals surface area contributed by atoms with Crippen LogP contribution in [-0.2, 0) is 0 Å². The minimum absolute atomic E-state index is 0.210. The molecular weight excluding hydrogens is 410 g/mol. The number of benzene rings is 2. The normalized spacial score (nSPS) is 23.8. The molecule has 2 aromatic carbocycles. The topological polar surface area (TPSA) is 50.8 Å². The molecule has 2 aromatic rings. The molecule has 0 aromatic heterocycles. The Morgan fingerprint density at radius 2 is 2.08 bits per heavy atom. The Kier molecular flexibility index (Phi) is 3.83. The Morgan fingerprint density at radius 3 is 2.77 bits per heavy atom. The van der Waals surface area contributed by atoms with E-state index in [9.17, 15) is 13.6 Å². The molecule has 5 nitrogen and oxygen atoms in total. The molecule has 0 aliphatic carbocycles.